The summed E-state index contributed by atoms with van der Waals surface area (Å²) in [4.78, 5) is 13.2. The van der Waals surface area contributed by atoms with E-state index in [2.05, 4.69) is 5.32 Å². The zero-order chi connectivity index (χ0) is 15.7. The van der Waals surface area contributed by atoms with Crippen molar-refractivity contribution in [2.75, 3.05) is 6.54 Å². The summed E-state index contributed by atoms with van der Waals surface area (Å²) >= 11 is 7.21. The van der Waals surface area contributed by atoms with Gasteiger partial charge in [0.2, 0.25) is 5.91 Å². The number of aliphatic hydroxyl groups excluding tert-OH is 1. The first-order chi connectivity index (χ1) is 10.5. The molecule has 4 nitrogen and oxygen atoms in total. The van der Waals surface area contributed by atoms with Gasteiger partial charge in [0, 0.05) is 23.4 Å². The fraction of sp³-hybridized carbons (Fsp3) is 0.688. The number of amides is 1. The number of carbonyl (C=O) groups is 1. The smallest absolute Gasteiger partial charge is 0.223 e. The quantitative estimate of drug-likeness (QED) is 0.787. The van der Waals surface area contributed by atoms with Crippen LogP contribution in [0.3, 0.4) is 0 Å². The molecule has 3 atom stereocenters. The van der Waals surface area contributed by atoms with Gasteiger partial charge in [-0.15, -0.1) is 11.3 Å². The van der Waals surface area contributed by atoms with Crippen LogP contribution in [0.2, 0.25) is 4.34 Å². The lowest BCUT2D eigenvalue weighted by molar-refractivity contribution is -0.128. The van der Waals surface area contributed by atoms with Gasteiger partial charge in [0.15, 0.2) is 0 Å². The number of hydrogen-bond acceptors (Lipinski definition) is 4. The normalized spacial score (nSPS) is 32.5. The molecule has 4 N–H and O–H groups in total. The van der Waals surface area contributed by atoms with Crippen LogP contribution in [0.1, 0.15) is 43.1 Å². The number of carbonyl (C=O) groups excluding carboxylic acids is 1. The highest BCUT2D eigenvalue weighted by Crippen LogP contribution is 2.41. The highest BCUT2D eigenvalue weighted by atomic mass is 35.5. The van der Waals surface area contributed by atoms with E-state index in [4.69, 9.17) is 17.3 Å². The molecule has 0 aliphatic heterocycles. The molecule has 0 saturated heterocycles. The standard InChI is InChI=1S/C16H23ClN2O2S/c17-14-5-4-13(22-14)12(20)8-19-16(21)11-6-9-2-1-3-10(7-11)15(9)18/h4-5,9-12,15,20H,1-3,6-8,18H2,(H,19,21). The molecule has 0 aromatic carbocycles. The molecule has 6 heteroatoms. The summed E-state index contributed by atoms with van der Waals surface area (Å²) in [5, 5.41) is 13.0. The van der Waals surface area contributed by atoms with Crippen LogP contribution in [-0.4, -0.2) is 23.6 Å². The van der Waals surface area contributed by atoms with E-state index in [1.54, 1.807) is 12.1 Å². The third-order valence-electron chi connectivity index (χ3n) is 5.18. The van der Waals surface area contributed by atoms with E-state index >= 15 is 0 Å². The molecule has 2 bridgehead atoms. The number of aliphatic hydroxyl groups is 1. The third kappa shape index (κ3) is 3.48. The Morgan fingerprint density at radius 3 is 2.68 bits per heavy atom. The molecule has 1 aromatic rings. The lowest BCUT2D eigenvalue weighted by Gasteiger charge is -2.43. The van der Waals surface area contributed by atoms with E-state index in [1.165, 1.54) is 17.8 Å². The van der Waals surface area contributed by atoms with Crippen molar-refractivity contribution in [2.45, 2.75) is 44.2 Å². The van der Waals surface area contributed by atoms with Crippen LogP contribution >= 0.6 is 22.9 Å². The zero-order valence-electron chi connectivity index (χ0n) is 12.5. The summed E-state index contributed by atoms with van der Waals surface area (Å²) in [6, 6.07) is 3.83. The van der Waals surface area contributed by atoms with E-state index in [0.29, 0.717) is 16.2 Å². The van der Waals surface area contributed by atoms with Gasteiger partial charge in [-0.05, 0) is 49.7 Å². The van der Waals surface area contributed by atoms with Gasteiger partial charge in [-0.25, -0.2) is 0 Å². The Balaban J connectivity index is 1.52. The summed E-state index contributed by atoms with van der Waals surface area (Å²) in [5.41, 5.74) is 6.26. The number of thiophene rings is 1. The summed E-state index contributed by atoms with van der Waals surface area (Å²) < 4.78 is 0.648. The van der Waals surface area contributed by atoms with Crippen molar-refractivity contribution < 1.29 is 9.90 Å². The van der Waals surface area contributed by atoms with Crippen LogP contribution in [0.25, 0.3) is 0 Å². The molecule has 3 rings (SSSR count). The van der Waals surface area contributed by atoms with E-state index in [1.807, 2.05) is 0 Å². The van der Waals surface area contributed by atoms with E-state index in [9.17, 15) is 9.90 Å². The van der Waals surface area contributed by atoms with Crippen molar-refractivity contribution in [3.05, 3.63) is 21.3 Å². The topological polar surface area (TPSA) is 75.4 Å². The van der Waals surface area contributed by atoms with Crippen molar-refractivity contribution in [3.8, 4) is 0 Å². The lowest BCUT2D eigenvalue weighted by atomic mass is 9.65. The molecule has 2 saturated carbocycles. The molecule has 1 amide bonds. The molecule has 2 aliphatic rings. The molecule has 0 radical (unpaired) electrons. The number of nitrogens with one attached hydrogen (secondary N) is 1. The molecular formula is C16H23ClN2O2S. The second kappa shape index (κ2) is 6.87. The predicted molar refractivity (Wildman–Crippen MR) is 88.8 cm³/mol. The van der Waals surface area contributed by atoms with Crippen LogP contribution < -0.4 is 11.1 Å². The molecule has 0 spiro atoms. The Morgan fingerprint density at radius 2 is 2.09 bits per heavy atom. The minimum absolute atomic E-state index is 0.0502. The Hall–Kier alpha value is -0.620. The summed E-state index contributed by atoms with van der Waals surface area (Å²) in [5.74, 6) is 1.09. The second-order valence-corrected chi connectivity index (χ2v) is 8.35. The molecule has 2 aliphatic carbocycles. The fourth-order valence-electron chi connectivity index (χ4n) is 3.95. The van der Waals surface area contributed by atoms with Crippen molar-refractivity contribution in [3.63, 3.8) is 0 Å². The van der Waals surface area contributed by atoms with Gasteiger partial charge in [-0.3, -0.25) is 4.79 Å². The largest absolute Gasteiger partial charge is 0.386 e. The summed E-state index contributed by atoms with van der Waals surface area (Å²) in [6.45, 7) is 0.244. The highest BCUT2D eigenvalue weighted by Gasteiger charge is 2.40. The number of nitrogens with two attached hydrogens (primary N) is 1. The van der Waals surface area contributed by atoms with Crippen LogP contribution in [0.4, 0.5) is 0 Å². The van der Waals surface area contributed by atoms with E-state index < -0.39 is 6.10 Å². The van der Waals surface area contributed by atoms with Crippen LogP contribution in [-0.2, 0) is 4.79 Å². The zero-order valence-corrected chi connectivity index (χ0v) is 14.1. The minimum atomic E-state index is -0.688. The first-order valence-electron chi connectivity index (χ1n) is 8.01. The number of halogens is 1. The molecule has 1 aromatic heterocycles. The summed E-state index contributed by atoms with van der Waals surface area (Å²) in [6.07, 6.45) is 4.64. The van der Waals surface area contributed by atoms with Crippen molar-refractivity contribution in [1.82, 2.24) is 5.32 Å². The molecule has 2 fully saturated rings. The molecule has 3 unspecified atom stereocenters. The fourth-order valence-corrected chi connectivity index (χ4v) is 5.00. The van der Waals surface area contributed by atoms with Gasteiger partial charge in [-0.1, -0.05) is 18.0 Å². The Labute approximate surface area is 140 Å². The number of fused-ring (bicyclic) bond motifs is 2. The van der Waals surface area contributed by atoms with E-state index in [-0.39, 0.29) is 24.4 Å². The molecule has 22 heavy (non-hydrogen) atoms. The minimum Gasteiger partial charge on any atom is -0.386 e. The second-order valence-electron chi connectivity index (χ2n) is 6.60. The van der Waals surface area contributed by atoms with Gasteiger partial charge in [0.05, 0.1) is 4.34 Å². The van der Waals surface area contributed by atoms with Crippen LogP contribution in [0.5, 0.6) is 0 Å². The first-order valence-corrected chi connectivity index (χ1v) is 9.20. The maximum atomic E-state index is 12.4. The van der Waals surface area contributed by atoms with Gasteiger partial charge < -0.3 is 16.2 Å². The average Bonchev–Trinajstić information content (AvgIpc) is 2.91. The Bertz CT molecular complexity index is 522. The maximum absolute atomic E-state index is 12.4. The van der Waals surface area contributed by atoms with Crippen molar-refractivity contribution >= 4 is 28.8 Å². The maximum Gasteiger partial charge on any atom is 0.223 e. The average molecular weight is 343 g/mol. The van der Waals surface area contributed by atoms with Crippen LogP contribution in [0.15, 0.2) is 12.1 Å². The molecule has 1 heterocycles. The van der Waals surface area contributed by atoms with Gasteiger partial charge in [-0.2, -0.15) is 0 Å². The Morgan fingerprint density at radius 1 is 1.41 bits per heavy atom. The van der Waals surface area contributed by atoms with Gasteiger partial charge in [0.1, 0.15) is 6.10 Å². The number of hydrogen-bond donors (Lipinski definition) is 3. The van der Waals surface area contributed by atoms with Crippen molar-refractivity contribution in [1.29, 1.82) is 0 Å². The molecular weight excluding hydrogens is 320 g/mol. The van der Waals surface area contributed by atoms with Gasteiger partial charge in [0.25, 0.3) is 0 Å². The number of rotatable bonds is 4. The monoisotopic (exact) mass is 342 g/mol. The lowest BCUT2D eigenvalue weighted by Crippen LogP contribution is -2.49. The summed E-state index contributed by atoms with van der Waals surface area (Å²) in [7, 11) is 0. The van der Waals surface area contributed by atoms with Crippen LogP contribution in [0, 0.1) is 17.8 Å². The predicted octanol–water partition coefficient (Wildman–Crippen LogP) is 2.70. The Kier molecular flexibility index (Phi) is 5.07. The van der Waals surface area contributed by atoms with E-state index in [0.717, 1.165) is 30.6 Å². The highest BCUT2D eigenvalue weighted by molar-refractivity contribution is 7.16. The third-order valence-corrected chi connectivity index (χ3v) is 6.51. The first kappa shape index (κ1) is 16.2. The van der Waals surface area contributed by atoms with Crippen molar-refractivity contribution in [2.24, 2.45) is 23.5 Å². The SMILES string of the molecule is NC1C2CCCC1CC(C(=O)NCC(O)c1ccc(Cl)s1)C2. The van der Waals surface area contributed by atoms with Gasteiger partial charge >= 0.3 is 0 Å². The molecule has 122 valence electrons.